The van der Waals surface area contributed by atoms with Gasteiger partial charge in [0.25, 0.3) is 5.91 Å². The zero-order valence-corrected chi connectivity index (χ0v) is 16.8. The molecule has 0 aromatic heterocycles. The van der Waals surface area contributed by atoms with E-state index in [2.05, 4.69) is 17.6 Å². The van der Waals surface area contributed by atoms with Gasteiger partial charge < -0.3 is 14.8 Å². The van der Waals surface area contributed by atoms with Crippen molar-refractivity contribution in [2.45, 2.75) is 33.2 Å². The van der Waals surface area contributed by atoms with Crippen LogP contribution in [0.15, 0.2) is 42.5 Å². The number of hydrogen-bond acceptors (Lipinski definition) is 4. The Morgan fingerprint density at radius 3 is 2.63 bits per heavy atom. The highest BCUT2D eigenvalue weighted by Crippen LogP contribution is 2.28. The van der Waals surface area contributed by atoms with Crippen LogP contribution >= 0.6 is 12.2 Å². The molecule has 0 aliphatic rings. The second kappa shape index (κ2) is 10.5. The Bertz CT molecular complexity index is 793. The standard InChI is InChI=1S/C21H26N2O3S/c1-4-5-12-26-18-11-10-16(13-19(18)25-3)14-22-21(27)23-20(24)17-9-7-6-8-15(17)2/h6-11,13H,4-5,12,14H2,1-3H3,(H2,22,23,24,27). The van der Waals surface area contributed by atoms with Crippen LogP contribution in [0.4, 0.5) is 0 Å². The fraction of sp³-hybridized carbons (Fsp3) is 0.333. The molecular formula is C21H26N2O3S. The Balaban J connectivity index is 1.90. The molecular weight excluding hydrogens is 360 g/mol. The summed E-state index contributed by atoms with van der Waals surface area (Å²) in [7, 11) is 1.62. The maximum Gasteiger partial charge on any atom is 0.257 e. The first-order chi connectivity index (χ1) is 13.0. The Morgan fingerprint density at radius 1 is 1.15 bits per heavy atom. The highest BCUT2D eigenvalue weighted by Gasteiger charge is 2.10. The number of thiocarbonyl (C=S) groups is 1. The first-order valence-electron chi connectivity index (χ1n) is 8.99. The van der Waals surface area contributed by atoms with Crippen LogP contribution in [-0.2, 0) is 6.54 Å². The van der Waals surface area contributed by atoms with Gasteiger partial charge in [-0.3, -0.25) is 10.1 Å². The summed E-state index contributed by atoms with van der Waals surface area (Å²) in [6.07, 6.45) is 2.08. The Hall–Kier alpha value is -2.60. The van der Waals surface area contributed by atoms with E-state index in [9.17, 15) is 4.79 Å². The molecule has 5 nitrogen and oxygen atoms in total. The maximum absolute atomic E-state index is 12.3. The van der Waals surface area contributed by atoms with E-state index in [-0.39, 0.29) is 11.0 Å². The Kier molecular flexibility index (Phi) is 8.07. The van der Waals surface area contributed by atoms with Gasteiger partial charge in [0.05, 0.1) is 13.7 Å². The predicted octanol–water partition coefficient (Wildman–Crippen LogP) is 3.99. The molecule has 0 aliphatic carbocycles. The second-order valence-corrected chi connectivity index (χ2v) is 6.55. The van der Waals surface area contributed by atoms with Gasteiger partial charge in [0.15, 0.2) is 16.6 Å². The van der Waals surface area contributed by atoms with Gasteiger partial charge in [-0.05, 0) is 54.9 Å². The molecule has 1 amide bonds. The van der Waals surface area contributed by atoms with E-state index in [0.29, 0.717) is 24.5 Å². The number of ether oxygens (including phenoxy) is 2. The second-order valence-electron chi connectivity index (χ2n) is 6.14. The average Bonchev–Trinajstić information content (AvgIpc) is 2.67. The summed E-state index contributed by atoms with van der Waals surface area (Å²) in [6, 6.07) is 13.1. The fourth-order valence-electron chi connectivity index (χ4n) is 2.49. The van der Waals surface area contributed by atoms with Crippen LogP contribution in [0, 0.1) is 6.92 Å². The van der Waals surface area contributed by atoms with Crippen molar-refractivity contribution in [3.8, 4) is 11.5 Å². The normalized spacial score (nSPS) is 10.2. The number of carbonyl (C=O) groups excluding carboxylic acids is 1. The van der Waals surface area contributed by atoms with E-state index in [4.69, 9.17) is 21.7 Å². The van der Waals surface area contributed by atoms with Crippen molar-refractivity contribution in [3.05, 3.63) is 59.2 Å². The number of unbranched alkanes of at least 4 members (excludes halogenated alkanes) is 1. The number of nitrogens with one attached hydrogen (secondary N) is 2. The summed E-state index contributed by atoms with van der Waals surface area (Å²) >= 11 is 5.23. The predicted molar refractivity (Wildman–Crippen MR) is 111 cm³/mol. The summed E-state index contributed by atoms with van der Waals surface area (Å²) in [4.78, 5) is 12.3. The molecule has 2 aromatic rings. The molecule has 6 heteroatoms. The molecule has 0 radical (unpaired) electrons. The van der Waals surface area contributed by atoms with E-state index in [1.54, 1.807) is 13.2 Å². The van der Waals surface area contributed by atoms with Crippen LogP contribution in [0.5, 0.6) is 11.5 Å². The van der Waals surface area contributed by atoms with Crippen molar-refractivity contribution >= 4 is 23.2 Å². The van der Waals surface area contributed by atoms with Crippen molar-refractivity contribution in [3.63, 3.8) is 0 Å². The van der Waals surface area contributed by atoms with Gasteiger partial charge in [0, 0.05) is 12.1 Å². The molecule has 144 valence electrons. The van der Waals surface area contributed by atoms with Gasteiger partial charge in [-0.25, -0.2) is 0 Å². The molecule has 0 saturated carbocycles. The van der Waals surface area contributed by atoms with Crippen molar-refractivity contribution in [2.24, 2.45) is 0 Å². The lowest BCUT2D eigenvalue weighted by Gasteiger charge is -2.14. The van der Waals surface area contributed by atoms with Gasteiger partial charge in [-0.2, -0.15) is 0 Å². The lowest BCUT2D eigenvalue weighted by molar-refractivity contribution is 0.0976. The number of hydrogen-bond donors (Lipinski definition) is 2. The molecule has 2 N–H and O–H groups in total. The maximum atomic E-state index is 12.3. The number of carbonyl (C=O) groups is 1. The van der Waals surface area contributed by atoms with Gasteiger partial charge in [-0.15, -0.1) is 0 Å². The monoisotopic (exact) mass is 386 g/mol. The van der Waals surface area contributed by atoms with Crippen molar-refractivity contribution in [1.29, 1.82) is 0 Å². The largest absolute Gasteiger partial charge is 0.493 e. The average molecular weight is 387 g/mol. The summed E-state index contributed by atoms with van der Waals surface area (Å²) < 4.78 is 11.1. The number of methoxy groups -OCH3 is 1. The van der Waals surface area contributed by atoms with Crippen LogP contribution < -0.4 is 20.1 Å². The van der Waals surface area contributed by atoms with E-state index in [0.717, 1.165) is 29.7 Å². The smallest absolute Gasteiger partial charge is 0.257 e. The van der Waals surface area contributed by atoms with Crippen LogP contribution in [0.2, 0.25) is 0 Å². The molecule has 0 saturated heterocycles. The molecule has 27 heavy (non-hydrogen) atoms. The van der Waals surface area contributed by atoms with Crippen molar-refractivity contribution in [1.82, 2.24) is 10.6 Å². The minimum Gasteiger partial charge on any atom is -0.493 e. The van der Waals surface area contributed by atoms with Gasteiger partial charge in [-0.1, -0.05) is 37.6 Å². The van der Waals surface area contributed by atoms with E-state index >= 15 is 0 Å². The molecule has 2 rings (SSSR count). The number of rotatable bonds is 8. The molecule has 0 unspecified atom stereocenters. The van der Waals surface area contributed by atoms with E-state index in [1.807, 2.05) is 43.3 Å². The van der Waals surface area contributed by atoms with Crippen LogP contribution in [-0.4, -0.2) is 24.7 Å². The first-order valence-corrected chi connectivity index (χ1v) is 9.40. The lowest BCUT2D eigenvalue weighted by Crippen LogP contribution is -2.39. The number of amides is 1. The van der Waals surface area contributed by atoms with Crippen molar-refractivity contribution < 1.29 is 14.3 Å². The zero-order valence-electron chi connectivity index (χ0n) is 16.0. The van der Waals surface area contributed by atoms with E-state index in [1.165, 1.54) is 0 Å². The zero-order chi connectivity index (χ0) is 19.6. The highest BCUT2D eigenvalue weighted by atomic mass is 32.1. The SMILES string of the molecule is CCCCOc1ccc(CNC(=S)NC(=O)c2ccccc2C)cc1OC. The molecule has 2 aromatic carbocycles. The third kappa shape index (κ3) is 6.25. The molecule has 0 spiro atoms. The lowest BCUT2D eigenvalue weighted by atomic mass is 10.1. The molecule has 0 fully saturated rings. The van der Waals surface area contributed by atoms with Crippen LogP contribution in [0.25, 0.3) is 0 Å². The molecule has 0 heterocycles. The third-order valence-electron chi connectivity index (χ3n) is 4.05. The molecule has 0 atom stereocenters. The summed E-state index contributed by atoms with van der Waals surface area (Å²) in [5, 5.41) is 6.04. The Morgan fingerprint density at radius 2 is 1.93 bits per heavy atom. The summed E-state index contributed by atoms with van der Waals surface area (Å²) in [5.74, 6) is 1.19. The molecule has 0 aliphatic heterocycles. The third-order valence-corrected chi connectivity index (χ3v) is 4.30. The highest BCUT2D eigenvalue weighted by molar-refractivity contribution is 7.80. The number of benzene rings is 2. The van der Waals surface area contributed by atoms with Gasteiger partial charge >= 0.3 is 0 Å². The first kappa shape index (κ1) is 20.7. The summed E-state index contributed by atoms with van der Waals surface area (Å²) in [6.45, 7) is 5.15. The topological polar surface area (TPSA) is 59.6 Å². The fourth-order valence-corrected chi connectivity index (χ4v) is 2.66. The quantitative estimate of drug-likeness (QED) is 0.531. The Labute approximate surface area is 166 Å². The van der Waals surface area contributed by atoms with Crippen LogP contribution in [0.3, 0.4) is 0 Å². The minimum absolute atomic E-state index is 0.220. The van der Waals surface area contributed by atoms with E-state index < -0.39 is 0 Å². The van der Waals surface area contributed by atoms with Crippen LogP contribution in [0.1, 0.15) is 41.3 Å². The van der Waals surface area contributed by atoms with Crippen molar-refractivity contribution in [2.75, 3.05) is 13.7 Å². The minimum atomic E-state index is -0.220. The number of aryl methyl sites for hydroxylation is 1. The van der Waals surface area contributed by atoms with Gasteiger partial charge in [0.1, 0.15) is 0 Å². The van der Waals surface area contributed by atoms with Gasteiger partial charge in [0.2, 0.25) is 0 Å². The molecule has 0 bridgehead atoms. The summed E-state index contributed by atoms with van der Waals surface area (Å²) in [5.41, 5.74) is 2.49.